The van der Waals surface area contributed by atoms with Gasteiger partial charge in [0, 0.05) is 12.4 Å². The molecule has 0 saturated carbocycles. The number of thioether (sulfide) groups is 1. The number of ether oxygens (including phenoxy) is 1. The Morgan fingerprint density at radius 2 is 2.11 bits per heavy atom. The number of aromatic nitrogens is 2. The predicted octanol–water partition coefficient (Wildman–Crippen LogP) is 3.55. The second-order valence-corrected chi connectivity index (χ2v) is 7.69. The van der Waals surface area contributed by atoms with Crippen LogP contribution in [0.2, 0.25) is 0 Å². The summed E-state index contributed by atoms with van der Waals surface area (Å²) in [6, 6.07) is 16.1. The van der Waals surface area contributed by atoms with Gasteiger partial charge in [0.15, 0.2) is 11.8 Å². The molecule has 5 rings (SSSR count). The van der Waals surface area contributed by atoms with E-state index >= 15 is 0 Å². The third-order valence-electron chi connectivity index (χ3n) is 4.74. The summed E-state index contributed by atoms with van der Waals surface area (Å²) < 4.78 is 7.43. The highest BCUT2D eigenvalue weighted by atomic mass is 32.2. The summed E-state index contributed by atoms with van der Waals surface area (Å²) in [7, 11) is 0. The van der Waals surface area contributed by atoms with E-state index in [2.05, 4.69) is 22.4 Å². The summed E-state index contributed by atoms with van der Waals surface area (Å²) in [5, 5.41) is 13.2. The van der Waals surface area contributed by atoms with Crippen LogP contribution in [-0.2, 0) is 11.4 Å². The maximum atomic E-state index is 11.7. The molecular formula is C21H17N3O3S. The monoisotopic (exact) mass is 391 g/mol. The van der Waals surface area contributed by atoms with E-state index in [0.717, 1.165) is 21.9 Å². The Labute approximate surface area is 165 Å². The summed E-state index contributed by atoms with van der Waals surface area (Å²) in [4.78, 5) is 16.2. The van der Waals surface area contributed by atoms with Gasteiger partial charge in [0.05, 0.1) is 23.2 Å². The number of aliphatic hydroxyl groups excluding tert-OH is 1. The van der Waals surface area contributed by atoms with E-state index in [1.807, 2.05) is 53.4 Å². The lowest BCUT2D eigenvalue weighted by molar-refractivity contribution is -0.118. The van der Waals surface area contributed by atoms with Crippen LogP contribution in [0.5, 0.6) is 5.75 Å². The number of rotatable bonds is 3. The summed E-state index contributed by atoms with van der Waals surface area (Å²) in [5.74, 6) is 0.523. The minimum absolute atomic E-state index is 0.0415. The minimum atomic E-state index is -0.152. The fourth-order valence-corrected chi connectivity index (χ4v) is 4.66. The first-order chi connectivity index (χ1) is 13.7. The van der Waals surface area contributed by atoms with E-state index in [1.165, 1.54) is 0 Å². The number of aliphatic hydroxyl groups is 1. The van der Waals surface area contributed by atoms with E-state index in [9.17, 15) is 9.90 Å². The molecule has 1 unspecified atom stereocenters. The van der Waals surface area contributed by atoms with Gasteiger partial charge in [0.2, 0.25) is 0 Å². The van der Waals surface area contributed by atoms with Gasteiger partial charge in [-0.15, -0.1) is 0 Å². The molecule has 140 valence electrons. The molecule has 0 bridgehead atoms. The van der Waals surface area contributed by atoms with E-state index in [-0.39, 0.29) is 24.4 Å². The van der Waals surface area contributed by atoms with Crippen molar-refractivity contribution >= 4 is 35.1 Å². The van der Waals surface area contributed by atoms with Crippen molar-refractivity contribution in [1.29, 1.82) is 0 Å². The molecule has 28 heavy (non-hydrogen) atoms. The highest BCUT2D eigenvalue weighted by molar-refractivity contribution is 7.99. The van der Waals surface area contributed by atoms with Crippen LogP contribution in [-0.4, -0.2) is 27.2 Å². The van der Waals surface area contributed by atoms with Crippen LogP contribution in [0.15, 0.2) is 59.9 Å². The lowest BCUT2D eigenvalue weighted by Crippen LogP contribution is -2.25. The molecule has 0 fully saturated rings. The molecule has 1 aromatic heterocycles. The molecule has 3 heterocycles. The molecular weight excluding hydrogens is 374 g/mol. The van der Waals surface area contributed by atoms with Crippen molar-refractivity contribution in [2.75, 3.05) is 11.9 Å². The van der Waals surface area contributed by atoms with Gasteiger partial charge in [-0.25, -0.2) is 4.98 Å². The Morgan fingerprint density at radius 1 is 1.25 bits per heavy atom. The number of hydrogen-bond acceptors (Lipinski definition) is 5. The zero-order chi connectivity index (χ0) is 19.1. The van der Waals surface area contributed by atoms with Crippen molar-refractivity contribution in [3.05, 3.63) is 71.5 Å². The molecule has 0 spiro atoms. The van der Waals surface area contributed by atoms with E-state index < -0.39 is 0 Å². The highest BCUT2D eigenvalue weighted by Crippen LogP contribution is 2.48. The first-order valence-electron chi connectivity index (χ1n) is 8.90. The Balaban J connectivity index is 1.63. The molecule has 3 aromatic rings. The quantitative estimate of drug-likeness (QED) is 0.714. The summed E-state index contributed by atoms with van der Waals surface area (Å²) >= 11 is 1.64. The summed E-state index contributed by atoms with van der Waals surface area (Å²) in [6.07, 6.45) is 3.88. The Hall–Kier alpha value is -3.03. The number of amides is 1. The summed E-state index contributed by atoms with van der Waals surface area (Å²) in [5.41, 5.74) is 4.57. The predicted molar refractivity (Wildman–Crippen MR) is 108 cm³/mol. The van der Waals surface area contributed by atoms with Crippen molar-refractivity contribution in [2.45, 2.75) is 17.0 Å². The molecule has 1 amide bonds. The summed E-state index contributed by atoms with van der Waals surface area (Å²) in [6.45, 7) is -0.0537. The van der Waals surface area contributed by atoms with Crippen molar-refractivity contribution in [3.8, 4) is 5.75 Å². The maximum Gasteiger partial charge on any atom is 0.262 e. The van der Waals surface area contributed by atoms with Crippen LogP contribution in [0.4, 0.5) is 5.69 Å². The van der Waals surface area contributed by atoms with Gasteiger partial charge in [-0.05, 0) is 28.8 Å². The normalized spacial score (nSPS) is 17.8. The molecule has 6 nitrogen and oxygen atoms in total. The highest BCUT2D eigenvalue weighted by Gasteiger charge is 2.28. The smallest absolute Gasteiger partial charge is 0.262 e. The number of benzene rings is 2. The molecule has 0 saturated heterocycles. The zero-order valence-electron chi connectivity index (χ0n) is 14.8. The fraction of sp³-hybridized carbons (Fsp3) is 0.143. The topological polar surface area (TPSA) is 76.4 Å². The molecule has 1 atom stereocenters. The first kappa shape index (κ1) is 17.1. The van der Waals surface area contributed by atoms with Crippen LogP contribution in [0, 0.1) is 0 Å². The van der Waals surface area contributed by atoms with Crippen molar-refractivity contribution < 1.29 is 14.6 Å². The van der Waals surface area contributed by atoms with Crippen LogP contribution < -0.4 is 10.1 Å². The van der Waals surface area contributed by atoms with Gasteiger partial charge in [-0.1, -0.05) is 48.2 Å². The zero-order valence-corrected chi connectivity index (χ0v) is 15.6. The molecule has 7 heteroatoms. The number of fused-ring (bicyclic) bond motifs is 2. The van der Waals surface area contributed by atoms with Crippen molar-refractivity contribution in [3.63, 3.8) is 0 Å². The standard InChI is InChI=1S/C21H17N3O3S/c25-11-15-9-24-10-16(14-6-7-18-17(8-14)23-19(26)12-27-18)20(28-21(24)22-15)13-4-2-1-3-5-13/h1-10,20,25H,11-12H2,(H,23,26). The van der Waals surface area contributed by atoms with Crippen LogP contribution in [0.1, 0.15) is 22.1 Å². The second-order valence-electron chi connectivity index (χ2n) is 6.62. The largest absolute Gasteiger partial charge is 0.482 e. The van der Waals surface area contributed by atoms with Gasteiger partial charge >= 0.3 is 0 Å². The first-order valence-corrected chi connectivity index (χ1v) is 9.78. The Bertz CT molecular complexity index is 1090. The number of carbonyl (C=O) groups is 1. The van der Waals surface area contributed by atoms with Crippen LogP contribution >= 0.6 is 11.8 Å². The average molecular weight is 391 g/mol. The minimum Gasteiger partial charge on any atom is -0.482 e. The lowest BCUT2D eigenvalue weighted by Gasteiger charge is -2.26. The number of imidazole rings is 1. The maximum absolute atomic E-state index is 11.7. The average Bonchev–Trinajstić information content (AvgIpc) is 3.15. The second kappa shape index (κ2) is 6.85. The van der Waals surface area contributed by atoms with E-state index in [1.54, 1.807) is 11.8 Å². The van der Waals surface area contributed by atoms with Gasteiger partial charge < -0.3 is 19.7 Å². The third-order valence-corrected chi connectivity index (χ3v) is 6.02. The number of nitrogens with zero attached hydrogens (tertiary/aromatic N) is 2. The molecule has 0 radical (unpaired) electrons. The van der Waals surface area contributed by atoms with Crippen LogP contribution in [0.25, 0.3) is 11.8 Å². The lowest BCUT2D eigenvalue weighted by atomic mass is 9.97. The number of nitrogens with one attached hydrogen (secondary N) is 1. The van der Waals surface area contributed by atoms with E-state index in [4.69, 9.17) is 4.74 Å². The van der Waals surface area contributed by atoms with Gasteiger partial charge in [-0.2, -0.15) is 0 Å². The molecule has 0 aliphatic carbocycles. The molecule has 2 aromatic carbocycles. The Morgan fingerprint density at radius 3 is 2.93 bits per heavy atom. The number of anilines is 1. The third kappa shape index (κ3) is 2.98. The van der Waals surface area contributed by atoms with Crippen molar-refractivity contribution in [1.82, 2.24) is 9.55 Å². The number of carbonyl (C=O) groups excluding carboxylic acids is 1. The fourth-order valence-electron chi connectivity index (χ4n) is 3.43. The molecule has 2 aliphatic heterocycles. The molecule has 2 N–H and O–H groups in total. The van der Waals surface area contributed by atoms with Crippen LogP contribution in [0.3, 0.4) is 0 Å². The Kier molecular flexibility index (Phi) is 4.18. The van der Waals surface area contributed by atoms with Gasteiger partial charge in [-0.3, -0.25) is 4.79 Å². The molecule has 2 aliphatic rings. The SMILES string of the molecule is O=C1COc2ccc(C3=Cn4cc(CO)nc4SC3c3ccccc3)cc2N1. The van der Waals surface area contributed by atoms with Gasteiger partial charge in [0.25, 0.3) is 5.91 Å². The van der Waals surface area contributed by atoms with Gasteiger partial charge in [0.1, 0.15) is 5.75 Å². The number of hydrogen-bond donors (Lipinski definition) is 2. The van der Waals surface area contributed by atoms with E-state index in [0.29, 0.717) is 17.1 Å². The van der Waals surface area contributed by atoms with Crippen molar-refractivity contribution in [2.24, 2.45) is 0 Å².